The predicted molar refractivity (Wildman–Crippen MR) is 61.0 cm³/mol. The van der Waals surface area contributed by atoms with E-state index in [0.717, 1.165) is 12.8 Å². The maximum atomic E-state index is 5.66. The number of hydrogen-bond donors (Lipinski definition) is 1. The second kappa shape index (κ2) is 5.41. The molecule has 0 saturated carbocycles. The lowest BCUT2D eigenvalue weighted by Gasteiger charge is -2.16. The molecule has 5 nitrogen and oxygen atoms in total. The molecule has 16 heavy (non-hydrogen) atoms. The molecular formula is C11H21N3O2. The van der Waals surface area contributed by atoms with E-state index in [2.05, 4.69) is 17.1 Å². The molecule has 0 saturated heterocycles. The van der Waals surface area contributed by atoms with Crippen molar-refractivity contribution in [2.45, 2.75) is 45.1 Å². The number of ether oxygens (including phenoxy) is 1. The summed E-state index contributed by atoms with van der Waals surface area (Å²) in [7, 11) is 1.66. The SMILES string of the molecule is CCCC(OC)c1noc(C(C)(C)CN)n1. The van der Waals surface area contributed by atoms with Gasteiger partial charge in [-0.2, -0.15) is 4.98 Å². The van der Waals surface area contributed by atoms with E-state index in [0.29, 0.717) is 18.3 Å². The van der Waals surface area contributed by atoms with Gasteiger partial charge in [0.25, 0.3) is 0 Å². The highest BCUT2D eigenvalue weighted by molar-refractivity contribution is 5.02. The van der Waals surface area contributed by atoms with Gasteiger partial charge in [-0.05, 0) is 20.3 Å². The minimum atomic E-state index is -0.282. The molecule has 5 heteroatoms. The van der Waals surface area contributed by atoms with Crippen molar-refractivity contribution in [2.75, 3.05) is 13.7 Å². The Balaban J connectivity index is 2.85. The summed E-state index contributed by atoms with van der Waals surface area (Å²) in [6.07, 6.45) is 1.82. The molecule has 0 aliphatic heterocycles. The zero-order chi connectivity index (χ0) is 12.2. The van der Waals surface area contributed by atoms with Gasteiger partial charge >= 0.3 is 0 Å². The third-order valence-electron chi connectivity index (χ3n) is 2.65. The van der Waals surface area contributed by atoms with E-state index < -0.39 is 0 Å². The molecule has 0 amide bonds. The summed E-state index contributed by atoms with van der Waals surface area (Å²) in [5.41, 5.74) is 5.37. The summed E-state index contributed by atoms with van der Waals surface area (Å²) in [5.74, 6) is 1.18. The molecular weight excluding hydrogens is 206 g/mol. The van der Waals surface area contributed by atoms with E-state index in [1.165, 1.54) is 0 Å². The molecule has 2 N–H and O–H groups in total. The van der Waals surface area contributed by atoms with Gasteiger partial charge in [-0.1, -0.05) is 18.5 Å². The Morgan fingerprint density at radius 2 is 2.19 bits per heavy atom. The standard InChI is InChI=1S/C11H21N3O2/c1-5-6-8(15-4)9-13-10(16-14-9)11(2,3)7-12/h8H,5-7,12H2,1-4H3. The van der Waals surface area contributed by atoms with E-state index in [1.54, 1.807) is 7.11 Å². The van der Waals surface area contributed by atoms with Gasteiger partial charge in [0.2, 0.25) is 11.7 Å². The molecule has 0 bridgehead atoms. The lowest BCUT2D eigenvalue weighted by atomic mass is 9.94. The quantitative estimate of drug-likeness (QED) is 0.802. The number of nitrogens with two attached hydrogens (primary N) is 1. The fourth-order valence-electron chi connectivity index (χ4n) is 1.34. The van der Waals surface area contributed by atoms with Gasteiger partial charge in [0.1, 0.15) is 6.10 Å². The Labute approximate surface area is 96.4 Å². The van der Waals surface area contributed by atoms with Gasteiger partial charge in [-0.15, -0.1) is 0 Å². The molecule has 1 unspecified atom stereocenters. The first-order chi connectivity index (χ1) is 7.55. The minimum Gasteiger partial charge on any atom is -0.373 e. The summed E-state index contributed by atoms with van der Waals surface area (Å²) in [6, 6.07) is 0. The lowest BCUT2D eigenvalue weighted by Crippen LogP contribution is -2.28. The molecule has 1 heterocycles. The fourth-order valence-corrected chi connectivity index (χ4v) is 1.34. The third kappa shape index (κ3) is 2.80. The fraction of sp³-hybridized carbons (Fsp3) is 0.818. The molecule has 1 aromatic heterocycles. The Morgan fingerprint density at radius 1 is 1.50 bits per heavy atom. The molecule has 0 aliphatic rings. The summed E-state index contributed by atoms with van der Waals surface area (Å²) >= 11 is 0. The average Bonchev–Trinajstić information content (AvgIpc) is 2.75. The van der Waals surface area contributed by atoms with Crippen molar-refractivity contribution in [2.24, 2.45) is 5.73 Å². The zero-order valence-electron chi connectivity index (χ0n) is 10.5. The zero-order valence-corrected chi connectivity index (χ0v) is 10.5. The monoisotopic (exact) mass is 227 g/mol. The van der Waals surface area contributed by atoms with Crippen LogP contribution in [0.3, 0.4) is 0 Å². The van der Waals surface area contributed by atoms with Crippen LogP contribution in [0.25, 0.3) is 0 Å². The van der Waals surface area contributed by atoms with Gasteiger partial charge in [0.15, 0.2) is 0 Å². The second-order valence-electron chi connectivity index (χ2n) is 4.56. The van der Waals surface area contributed by atoms with Crippen molar-refractivity contribution >= 4 is 0 Å². The van der Waals surface area contributed by atoms with Crippen LogP contribution in [0.4, 0.5) is 0 Å². The topological polar surface area (TPSA) is 74.2 Å². The maximum Gasteiger partial charge on any atom is 0.233 e. The van der Waals surface area contributed by atoms with Crippen molar-refractivity contribution in [3.8, 4) is 0 Å². The van der Waals surface area contributed by atoms with Gasteiger partial charge < -0.3 is 15.0 Å². The molecule has 0 spiro atoms. The van der Waals surface area contributed by atoms with Crippen molar-refractivity contribution in [1.82, 2.24) is 10.1 Å². The van der Waals surface area contributed by atoms with Crippen LogP contribution in [0.15, 0.2) is 4.52 Å². The smallest absolute Gasteiger partial charge is 0.233 e. The molecule has 0 fully saturated rings. The number of methoxy groups -OCH3 is 1. The highest BCUT2D eigenvalue weighted by Crippen LogP contribution is 2.24. The summed E-state index contributed by atoms with van der Waals surface area (Å²) in [6.45, 7) is 6.52. The van der Waals surface area contributed by atoms with Crippen molar-refractivity contribution in [1.29, 1.82) is 0 Å². The molecule has 92 valence electrons. The highest BCUT2D eigenvalue weighted by Gasteiger charge is 2.27. The van der Waals surface area contributed by atoms with Gasteiger partial charge in [-0.3, -0.25) is 0 Å². The average molecular weight is 227 g/mol. The Bertz CT molecular complexity index is 323. The Morgan fingerprint density at radius 3 is 2.69 bits per heavy atom. The second-order valence-corrected chi connectivity index (χ2v) is 4.56. The normalized spacial score (nSPS) is 14.1. The summed E-state index contributed by atoms with van der Waals surface area (Å²) in [4.78, 5) is 4.36. The van der Waals surface area contributed by atoms with E-state index >= 15 is 0 Å². The molecule has 0 aromatic carbocycles. The first-order valence-corrected chi connectivity index (χ1v) is 5.62. The van der Waals surface area contributed by atoms with Gasteiger partial charge in [0.05, 0.1) is 5.41 Å². The van der Waals surface area contributed by atoms with Gasteiger partial charge in [0, 0.05) is 13.7 Å². The Hall–Kier alpha value is -0.940. The van der Waals surface area contributed by atoms with E-state index in [9.17, 15) is 0 Å². The Kier molecular flexibility index (Phi) is 4.44. The van der Waals surface area contributed by atoms with E-state index in [1.807, 2.05) is 13.8 Å². The van der Waals surface area contributed by atoms with Crippen LogP contribution in [0, 0.1) is 0 Å². The van der Waals surface area contributed by atoms with Crippen LogP contribution in [0.1, 0.15) is 51.4 Å². The number of aromatic nitrogens is 2. The number of hydrogen-bond acceptors (Lipinski definition) is 5. The van der Waals surface area contributed by atoms with Gasteiger partial charge in [-0.25, -0.2) is 0 Å². The van der Waals surface area contributed by atoms with Crippen LogP contribution < -0.4 is 5.73 Å². The van der Waals surface area contributed by atoms with Crippen LogP contribution >= 0.6 is 0 Å². The molecule has 1 atom stereocenters. The first-order valence-electron chi connectivity index (χ1n) is 5.62. The number of rotatable bonds is 6. The highest BCUT2D eigenvalue weighted by atomic mass is 16.5. The third-order valence-corrected chi connectivity index (χ3v) is 2.65. The van der Waals surface area contributed by atoms with Crippen molar-refractivity contribution in [3.05, 3.63) is 11.7 Å². The molecule has 0 radical (unpaired) electrons. The summed E-state index contributed by atoms with van der Waals surface area (Å²) in [5, 5.41) is 3.95. The van der Waals surface area contributed by atoms with Crippen LogP contribution in [0.5, 0.6) is 0 Å². The molecule has 0 aliphatic carbocycles. The van der Waals surface area contributed by atoms with Crippen LogP contribution in [0.2, 0.25) is 0 Å². The largest absolute Gasteiger partial charge is 0.373 e. The molecule has 1 rings (SSSR count). The van der Waals surface area contributed by atoms with E-state index in [-0.39, 0.29) is 11.5 Å². The van der Waals surface area contributed by atoms with Crippen LogP contribution in [-0.2, 0) is 10.2 Å². The minimum absolute atomic E-state index is 0.0870. The predicted octanol–water partition coefficient (Wildman–Crippen LogP) is 1.79. The maximum absolute atomic E-state index is 5.66. The lowest BCUT2D eigenvalue weighted by molar-refractivity contribution is 0.0854. The number of nitrogens with zero attached hydrogens (tertiary/aromatic N) is 2. The van der Waals surface area contributed by atoms with Crippen LogP contribution in [-0.4, -0.2) is 23.8 Å². The van der Waals surface area contributed by atoms with E-state index in [4.69, 9.17) is 15.0 Å². The molecule has 1 aromatic rings. The van der Waals surface area contributed by atoms with Crippen molar-refractivity contribution in [3.63, 3.8) is 0 Å². The first kappa shape index (κ1) is 13.1. The summed E-state index contributed by atoms with van der Waals surface area (Å²) < 4.78 is 10.5. The van der Waals surface area contributed by atoms with Crippen molar-refractivity contribution < 1.29 is 9.26 Å².